The summed E-state index contributed by atoms with van der Waals surface area (Å²) in [6.07, 6.45) is 4.37. The maximum atomic E-state index is 12.1. The van der Waals surface area contributed by atoms with E-state index in [1.807, 2.05) is 13.8 Å². The van der Waals surface area contributed by atoms with Crippen LogP contribution in [-0.2, 0) is 4.79 Å². The number of nitrogens with one attached hydrogen (secondary N) is 2. The lowest BCUT2D eigenvalue weighted by molar-refractivity contribution is -0.121. The highest BCUT2D eigenvalue weighted by Crippen LogP contribution is 2.29. The average Bonchev–Trinajstić information content (AvgIpc) is 2.61. The molecule has 0 spiro atoms. The smallest absolute Gasteiger partial charge is 0.227 e. The maximum absolute atomic E-state index is 12.1. The van der Waals surface area contributed by atoms with Crippen LogP contribution in [0.25, 0.3) is 0 Å². The molecule has 0 bridgehead atoms. The van der Waals surface area contributed by atoms with Crippen molar-refractivity contribution in [3.05, 3.63) is 11.4 Å². The van der Waals surface area contributed by atoms with Crippen molar-refractivity contribution in [2.45, 2.75) is 46.5 Å². The van der Waals surface area contributed by atoms with E-state index in [0.29, 0.717) is 0 Å². The molecule has 1 aliphatic rings. The molecular formula is C13H21N3O. The van der Waals surface area contributed by atoms with Crippen LogP contribution in [0.4, 0.5) is 5.69 Å². The Labute approximate surface area is 102 Å². The Hall–Kier alpha value is -1.32. The number of aromatic amines is 1. The van der Waals surface area contributed by atoms with Crippen molar-refractivity contribution in [2.75, 3.05) is 5.32 Å². The molecule has 4 heteroatoms. The molecule has 0 atom stereocenters. The highest BCUT2D eigenvalue weighted by Gasteiger charge is 2.25. The molecule has 0 unspecified atom stereocenters. The van der Waals surface area contributed by atoms with E-state index in [9.17, 15) is 4.79 Å². The fraction of sp³-hybridized carbons (Fsp3) is 0.692. The van der Waals surface area contributed by atoms with E-state index in [2.05, 4.69) is 22.4 Å². The summed E-state index contributed by atoms with van der Waals surface area (Å²) in [4.78, 5) is 12.1. The third-order valence-electron chi connectivity index (χ3n) is 3.76. The minimum absolute atomic E-state index is 0.157. The number of carbonyl (C=O) groups is 1. The van der Waals surface area contributed by atoms with E-state index < -0.39 is 0 Å². The van der Waals surface area contributed by atoms with Crippen LogP contribution in [0.2, 0.25) is 0 Å². The van der Waals surface area contributed by atoms with Gasteiger partial charge in [0.1, 0.15) is 0 Å². The first-order valence-corrected chi connectivity index (χ1v) is 6.40. The van der Waals surface area contributed by atoms with Crippen LogP contribution in [0, 0.1) is 25.7 Å². The number of hydrogen-bond acceptors (Lipinski definition) is 2. The van der Waals surface area contributed by atoms with Crippen molar-refractivity contribution >= 4 is 11.6 Å². The predicted molar refractivity (Wildman–Crippen MR) is 67.8 cm³/mol. The largest absolute Gasteiger partial charge is 0.323 e. The lowest BCUT2D eigenvalue weighted by atomic mass is 9.82. The van der Waals surface area contributed by atoms with E-state index in [4.69, 9.17) is 0 Å². The number of rotatable bonds is 2. The van der Waals surface area contributed by atoms with Gasteiger partial charge in [-0.3, -0.25) is 9.89 Å². The number of H-pyrrole nitrogens is 1. The van der Waals surface area contributed by atoms with Crippen LogP contribution >= 0.6 is 0 Å². The van der Waals surface area contributed by atoms with Crippen LogP contribution < -0.4 is 5.32 Å². The lowest BCUT2D eigenvalue weighted by Crippen LogP contribution is -2.26. The van der Waals surface area contributed by atoms with E-state index in [1.54, 1.807) is 0 Å². The molecule has 1 heterocycles. The maximum Gasteiger partial charge on any atom is 0.227 e. The second-order valence-corrected chi connectivity index (χ2v) is 5.26. The third kappa shape index (κ3) is 2.68. The summed E-state index contributed by atoms with van der Waals surface area (Å²) < 4.78 is 0. The van der Waals surface area contributed by atoms with Crippen molar-refractivity contribution in [3.63, 3.8) is 0 Å². The number of aryl methyl sites for hydroxylation is 2. The zero-order valence-electron chi connectivity index (χ0n) is 10.8. The van der Waals surface area contributed by atoms with Gasteiger partial charge in [0.15, 0.2) is 0 Å². The van der Waals surface area contributed by atoms with Gasteiger partial charge in [-0.25, -0.2) is 0 Å². The van der Waals surface area contributed by atoms with Crippen LogP contribution in [0.15, 0.2) is 0 Å². The molecule has 1 aromatic heterocycles. The summed E-state index contributed by atoms with van der Waals surface area (Å²) in [5.74, 6) is 1.11. The Bertz CT molecular complexity index is 383. The van der Waals surface area contributed by atoms with E-state index in [0.717, 1.165) is 35.8 Å². The van der Waals surface area contributed by atoms with Crippen molar-refractivity contribution < 1.29 is 4.79 Å². The number of hydrogen-bond donors (Lipinski definition) is 2. The molecule has 17 heavy (non-hydrogen) atoms. The number of nitrogens with zero attached hydrogens (tertiary/aromatic N) is 1. The SMILES string of the molecule is Cc1n[nH]c(C)c1NC(=O)C1CCC(C)CC1. The Morgan fingerprint density at radius 2 is 1.94 bits per heavy atom. The topological polar surface area (TPSA) is 57.8 Å². The Morgan fingerprint density at radius 3 is 2.47 bits per heavy atom. The molecule has 94 valence electrons. The second kappa shape index (κ2) is 4.90. The van der Waals surface area contributed by atoms with Crippen molar-refractivity contribution in [1.29, 1.82) is 0 Å². The predicted octanol–water partition coefficient (Wildman–Crippen LogP) is 2.79. The van der Waals surface area contributed by atoms with Crippen molar-refractivity contribution in [1.82, 2.24) is 10.2 Å². The third-order valence-corrected chi connectivity index (χ3v) is 3.76. The minimum atomic E-state index is 0.157. The van der Waals surface area contributed by atoms with E-state index in [1.165, 1.54) is 12.8 Å². The van der Waals surface area contributed by atoms with Gasteiger partial charge in [0.2, 0.25) is 5.91 Å². The van der Waals surface area contributed by atoms with Gasteiger partial charge in [0.25, 0.3) is 0 Å². The highest BCUT2D eigenvalue weighted by atomic mass is 16.1. The molecule has 2 N–H and O–H groups in total. The Kier molecular flexibility index (Phi) is 3.50. The normalized spacial score (nSPS) is 24.6. The molecule has 2 rings (SSSR count). The first-order chi connectivity index (χ1) is 8.08. The molecule has 4 nitrogen and oxygen atoms in total. The summed E-state index contributed by atoms with van der Waals surface area (Å²) in [5.41, 5.74) is 2.65. The Morgan fingerprint density at radius 1 is 1.29 bits per heavy atom. The summed E-state index contributed by atoms with van der Waals surface area (Å²) in [6, 6.07) is 0. The van der Waals surface area contributed by atoms with E-state index in [-0.39, 0.29) is 11.8 Å². The molecule has 0 aliphatic heterocycles. The monoisotopic (exact) mass is 235 g/mol. The van der Waals surface area contributed by atoms with Crippen molar-refractivity contribution in [2.24, 2.45) is 11.8 Å². The van der Waals surface area contributed by atoms with Gasteiger partial charge < -0.3 is 5.32 Å². The van der Waals surface area contributed by atoms with Gasteiger partial charge in [-0.2, -0.15) is 5.10 Å². The highest BCUT2D eigenvalue weighted by molar-refractivity contribution is 5.93. The number of anilines is 1. The fourth-order valence-corrected chi connectivity index (χ4v) is 2.48. The molecule has 1 fully saturated rings. The number of carbonyl (C=O) groups excluding carboxylic acids is 1. The average molecular weight is 235 g/mol. The van der Waals surface area contributed by atoms with Crippen molar-refractivity contribution in [3.8, 4) is 0 Å². The van der Waals surface area contributed by atoms with Gasteiger partial charge >= 0.3 is 0 Å². The molecule has 1 amide bonds. The molecule has 0 saturated heterocycles. The first-order valence-electron chi connectivity index (χ1n) is 6.40. The standard InChI is InChI=1S/C13H21N3O/c1-8-4-6-11(7-5-8)13(17)14-12-9(2)15-16-10(12)3/h8,11H,4-7H2,1-3H3,(H,14,17)(H,15,16). The Balaban J connectivity index is 1.98. The quantitative estimate of drug-likeness (QED) is 0.828. The van der Waals surface area contributed by atoms with Crippen LogP contribution in [0.3, 0.4) is 0 Å². The van der Waals surface area contributed by atoms with Gasteiger partial charge in [-0.15, -0.1) is 0 Å². The second-order valence-electron chi connectivity index (χ2n) is 5.26. The van der Waals surface area contributed by atoms with Gasteiger partial charge in [0, 0.05) is 5.92 Å². The summed E-state index contributed by atoms with van der Waals surface area (Å²) >= 11 is 0. The van der Waals surface area contributed by atoms with Gasteiger partial charge in [-0.1, -0.05) is 6.92 Å². The van der Waals surface area contributed by atoms with Gasteiger partial charge in [0.05, 0.1) is 17.1 Å². The minimum Gasteiger partial charge on any atom is -0.323 e. The number of aromatic nitrogens is 2. The molecule has 1 aromatic rings. The lowest BCUT2D eigenvalue weighted by Gasteiger charge is -2.25. The molecule has 1 aliphatic carbocycles. The molecular weight excluding hydrogens is 214 g/mol. The zero-order valence-corrected chi connectivity index (χ0v) is 10.8. The van der Waals surface area contributed by atoms with Gasteiger partial charge in [-0.05, 0) is 45.4 Å². The molecule has 0 radical (unpaired) electrons. The molecule has 1 saturated carbocycles. The van der Waals surface area contributed by atoms with Crippen LogP contribution in [-0.4, -0.2) is 16.1 Å². The zero-order chi connectivity index (χ0) is 12.4. The summed E-state index contributed by atoms with van der Waals surface area (Å²) in [6.45, 7) is 6.10. The fourth-order valence-electron chi connectivity index (χ4n) is 2.48. The van der Waals surface area contributed by atoms with Crippen LogP contribution in [0.1, 0.15) is 44.0 Å². The summed E-state index contributed by atoms with van der Waals surface area (Å²) in [5, 5.41) is 9.98. The summed E-state index contributed by atoms with van der Waals surface area (Å²) in [7, 11) is 0. The molecule has 0 aromatic carbocycles. The first kappa shape index (κ1) is 12.1. The van der Waals surface area contributed by atoms with E-state index >= 15 is 0 Å². The number of amides is 1. The van der Waals surface area contributed by atoms with Crippen LogP contribution in [0.5, 0.6) is 0 Å².